The predicted octanol–water partition coefficient (Wildman–Crippen LogP) is 3.27. The largest absolute Gasteiger partial charge is 0.476 e. The lowest BCUT2D eigenvalue weighted by molar-refractivity contribution is 0.0686. The molecule has 0 atom stereocenters. The Kier molecular flexibility index (Phi) is 3.23. The number of alkyl halides is 1. The van der Waals surface area contributed by atoms with Crippen molar-refractivity contribution in [2.75, 3.05) is 0 Å². The van der Waals surface area contributed by atoms with Crippen LogP contribution in [0.4, 0.5) is 4.39 Å². The average molecular weight is 300 g/mol. The number of halogens is 2. The molecule has 4 nitrogen and oxygen atoms in total. The summed E-state index contributed by atoms with van der Waals surface area (Å²) in [5.74, 6) is -0.826. The Labute approximate surface area is 104 Å². The van der Waals surface area contributed by atoms with Crippen molar-refractivity contribution in [3.63, 3.8) is 0 Å². The number of aromatic nitrogens is 1. The third-order valence-electron chi connectivity index (χ3n) is 2.21. The van der Waals surface area contributed by atoms with E-state index >= 15 is 0 Å². The van der Waals surface area contributed by atoms with Crippen LogP contribution in [-0.2, 0) is 6.67 Å². The topological polar surface area (TPSA) is 63.3 Å². The molecule has 6 heteroatoms. The fourth-order valence-electron chi connectivity index (χ4n) is 1.32. The highest BCUT2D eigenvalue weighted by Gasteiger charge is 2.13. The first-order valence-corrected chi connectivity index (χ1v) is 5.46. The number of benzene rings is 1. The zero-order valence-electron chi connectivity index (χ0n) is 8.48. The number of carbonyl (C=O) groups is 1. The summed E-state index contributed by atoms with van der Waals surface area (Å²) in [7, 11) is 0. The first-order chi connectivity index (χ1) is 8.11. The summed E-state index contributed by atoms with van der Waals surface area (Å²) < 4.78 is 18.0. The molecule has 0 saturated carbocycles. The van der Waals surface area contributed by atoms with E-state index in [9.17, 15) is 9.18 Å². The molecule has 0 fully saturated rings. The molecule has 0 aliphatic rings. The van der Waals surface area contributed by atoms with Gasteiger partial charge in [-0.2, -0.15) is 0 Å². The van der Waals surface area contributed by atoms with Gasteiger partial charge in [0.25, 0.3) is 0 Å². The van der Waals surface area contributed by atoms with Crippen molar-refractivity contribution < 1.29 is 18.8 Å². The number of nitrogens with zero attached hydrogens (tertiary/aromatic N) is 1. The van der Waals surface area contributed by atoms with Crippen LogP contribution in [0.3, 0.4) is 0 Å². The normalized spacial score (nSPS) is 10.5. The van der Waals surface area contributed by atoms with E-state index in [1.165, 1.54) is 6.07 Å². The molecule has 1 aromatic carbocycles. The van der Waals surface area contributed by atoms with Crippen LogP contribution in [0.2, 0.25) is 0 Å². The van der Waals surface area contributed by atoms with Crippen LogP contribution in [0.5, 0.6) is 0 Å². The Morgan fingerprint density at radius 2 is 2.24 bits per heavy atom. The van der Waals surface area contributed by atoms with Gasteiger partial charge in [-0.15, -0.1) is 0 Å². The summed E-state index contributed by atoms with van der Waals surface area (Å²) in [5, 5.41) is 12.1. The number of carboxylic acid groups (broad SMARTS) is 1. The van der Waals surface area contributed by atoms with Gasteiger partial charge in [-0.25, -0.2) is 9.18 Å². The van der Waals surface area contributed by atoms with Gasteiger partial charge < -0.3 is 9.63 Å². The Morgan fingerprint density at radius 1 is 1.47 bits per heavy atom. The van der Waals surface area contributed by atoms with Crippen LogP contribution in [-0.4, -0.2) is 16.2 Å². The van der Waals surface area contributed by atoms with Gasteiger partial charge in [-0.3, -0.25) is 0 Å². The Bertz CT molecular complexity index is 568. The zero-order valence-corrected chi connectivity index (χ0v) is 10.1. The second-order valence-corrected chi connectivity index (χ2v) is 4.18. The lowest BCUT2D eigenvalue weighted by Gasteiger charge is -2.01. The summed E-state index contributed by atoms with van der Waals surface area (Å²) in [6.07, 6.45) is 0. The van der Waals surface area contributed by atoms with Gasteiger partial charge >= 0.3 is 5.97 Å². The van der Waals surface area contributed by atoms with Gasteiger partial charge in [0.1, 0.15) is 6.67 Å². The van der Waals surface area contributed by atoms with Crippen molar-refractivity contribution in [2.45, 2.75) is 6.67 Å². The molecule has 1 N–H and O–H groups in total. The monoisotopic (exact) mass is 299 g/mol. The zero-order chi connectivity index (χ0) is 12.4. The molecule has 0 unspecified atom stereocenters. The quantitative estimate of drug-likeness (QED) is 0.945. The van der Waals surface area contributed by atoms with Crippen LogP contribution in [0.1, 0.15) is 16.1 Å². The van der Waals surface area contributed by atoms with Crippen LogP contribution >= 0.6 is 15.9 Å². The summed E-state index contributed by atoms with van der Waals surface area (Å²) in [6, 6.07) is 6.22. The van der Waals surface area contributed by atoms with E-state index in [1.54, 1.807) is 18.2 Å². The van der Waals surface area contributed by atoms with Crippen molar-refractivity contribution >= 4 is 21.9 Å². The molecule has 0 aliphatic heterocycles. The van der Waals surface area contributed by atoms with E-state index in [0.29, 0.717) is 21.4 Å². The van der Waals surface area contributed by atoms with E-state index in [2.05, 4.69) is 21.1 Å². The maximum absolute atomic E-state index is 12.5. The minimum atomic E-state index is -1.15. The third-order valence-corrected chi connectivity index (χ3v) is 2.95. The van der Waals surface area contributed by atoms with Crippen molar-refractivity contribution in [3.05, 3.63) is 40.0 Å². The second kappa shape index (κ2) is 4.67. The standard InChI is InChI=1S/C11H7BrFNO3/c12-8-3-6(1-2-7(8)5-13)10-4-9(11(15)16)14-17-10/h1-4H,5H2,(H,15,16). The fraction of sp³-hybridized carbons (Fsp3) is 0.0909. The van der Waals surface area contributed by atoms with E-state index in [0.717, 1.165) is 0 Å². The van der Waals surface area contributed by atoms with Crippen molar-refractivity contribution in [2.24, 2.45) is 0 Å². The van der Waals surface area contributed by atoms with E-state index in [4.69, 9.17) is 9.63 Å². The molecule has 17 heavy (non-hydrogen) atoms. The van der Waals surface area contributed by atoms with E-state index in [-0.39, 0.29) is 5.69 Å². The molecule has 1 aromatic heterocycles. The smallest absolute Gasteiger partial charge is 0.358 e. The molecule has 88 valence electrons. The van der Waals surface area contributed by atoms with Crippen LogP contribution in [0.15, 0.2) is 33.3 Å². The summed E-state index contributed by atoms with van der Waals surface area (Å²) in [5.41, 5.74) is 0.992. The Balaban J connectivity index is 2.39. The lowest BCUT2D eigenvalue weighted by Crippen LogP contribution is -1.94. The molecule has 0 spiro atoms. The third kappa shape index (κ3) is 2.36. The minimum absolute atomic E-state index is 0.161. The number of rotatable bonds is 3. The highest BCUT2D eigenvalue weighted by atomic mass is 79.9. The first kappa shape index (κ1) is 11.8. The maximum atomic E-state index is 12.5. The molecule has 0 saturated heterocycles. The fourth-order valence-corrected chi connectivity index (χ4v) is 1.81. The van der Waals surface area contributed by atoms with Gasteiger partial charge in [-0.1, -0.05) is 33.2 Å². The summed E-state index contributed by atoms with van der Waals surface area (Å²) >= 11 is 3.22. The molecular formula is C11H7BrFNO3. The molecule has 2 rings (SSSR count). The van der Waals surface area contributed by atoms with Crippen molar-refractivity contribution in [1.29, 1.82) is 0 Å². The van der Waals surface area contributed by atoms with Gasteiger partial charge in [-0.05, 0) is 11.6 Å². The molecule has 0 bridgehead atoms. The Morgan fingerprint density at radius 3 is 2.76 bits per heavy atom. The SMILES string of the molecule is O=C(O)c1cc(-c2ccc(CF)c(Br)c2)on1. The number of aromatic carboxylic acids is 1. The summed E-state index contributed by atoms with van der Waals surface area (Å²) in [4.78, 5) is 10.6. The highest BCUT2D eigenvalue weighted by Crippen LogP contribution is 2.27. The summed E-state index contributed by atoms with van der Waals surface area (Å²) in [6.45, 7) is -0.572. The molecule has 1 heterocycles. The molecule has 0 aliphatic carbocycles. The van der Waals surface area contributed by atoms with Crippen LogP contribution in [0.25, 0.3) is 11.3 Å². The van der Waals surface area contributed by atoms with E-state index in [1.807, 2.05) is 0 Å². The van der Waals surface area contributed by atoms with Crippen molar-refractivity contribution in [1.82, 2.24) is 5.16 Å². The van der Waals surface area contributed by atoms with Crippen LogP contribution < -0.4 is 0 Å². The van der Waals surface area contributed by atoms with Crippen LogP contribution in [0, 0.1) is 0 Å². The molecule has 0 amide bonds. The number of hydrogen-bond donors (Lipinski definition) is 1. The molecule has 2 aromatic rings. The van der Waals surface area contributed by atoms with Gasteiger partial charge in [0.15, 0.2) is 11.5 Å². The number of hydrogen-bond acceptors (Lipinski definition) is 3. The molecule has 0 radical (unpaired) electrons. The minimum Gasteiger partial charge on any atom is -0.476 e. The van der Waals surface area contributed by atoms with Gasteiger partial charge in [0, 0.05) is 16.1 Å². The predicted molar refractivity (Wildman–Crippen MR) is 61.4 cm³/mol. The maximum Gasteiger partial charge on any atom is 0.358 e. The molecular weight excluding hydrogens is 293 g/mol. The number of carboxylic acids is 1. The second-order valence-electron chi connectivity index (χ2n) is 3.32. The van der Waals surface area contributed by atoms with Crippen molar-refractivity contribution in [3.8, 4) is 11.3 Å². The van der Waals surface area contributed by atoms with Gasteiger partial charge in [0.05, 0.1) is 0 Å². The van der Waals surface area contributed by atoms with Gasteiger partial charge in [0.2, 0.25) is 0 Å². The average Bonchev–Trinajstić information content (AvgIpc) is 2.78. The Hall–Kier alpha value is -1.69. The first-order valence-electron chi connectivity index (χ1n) is 4.66. The lowest BCUT2D eigenvalue weighted by atomic mass is 10.1. The highest BCUT2D eigenvalue weighted by molar-refractivity contribution is 9.10. The van der Waals surface area contributed by atoms with E-state index < -0.39 is 12.6 Å².